The lowest BCUT2D eigenvalue weighted by molar-refractivity contribution is 0.745. The van der Waals surface area contributed by atoms with Gasteiger partial charge in [0.15, 0.2) is 0 Å². The van der Waals surface area contributed by atoms with E-state index in [1.54, 1.807) is 0 Å². The van der Waals surface area contributed by atoms with Gasteiger partial charge in [0, 0.05) is 31.1 Å². The molecular formula is C14H20N2. The van der Waals surface area contributed by atoms with E-state index in [-0.39, 0.29) is 0 Å². The van der Waals surface area contributed by atoms with Crippen molar-refractivity contribution in [3.63, 3.8) is 0 Å². The normalized spacial score (nSPS) is 11.2. The molecule has 0 amide bonds. The van der Waals surface area contributed by atoms with Crippen molar-refractivity contribution in [2.75, 3.05) is 13.6 Å². The zero-order chi connectivity index (χ0) is 11.7. The molecule has 0 unspecified atom stereocenters. The minimum absolute atomic E-state index is 1.03. The number of fused-ring (bicyclic) bond motifs is 1. The molecular weight excluding hydrogens is 196 g/mol. The lowest BCUT2D eigenvalue weighted by Crippen LogP contribution is -2.12. The number of likely N-dealkylation sites (N-methyl/N-ethyl adjacent to an activating group) is 1. The Labute approximate surface area is 97.3 Å². The van der Waals surface area contributed by atoms with E-state index in [2.05, 4.69) is 49.0 Å². The van der Waals surface area contributed by atoms with Gasteiger partial charge in [-0.25, -0.2) is 0 Å². The van der Waals surface area contributed by atoms with Gasteiger partial charge in [0.1, 0.15) is 0 Å². The van der Waals surface area contributed by atoms with Crippen molar-refractivity contribution in [1.29, 1.82) is 0 Å². The van der Waals surface area contributed by atoms with Gasteiger partial charge < -0.3 is 9.88 Å². The molecule has 2 heteroatoms. The van der Waals surface area contributed by atoms with Crippen molar-refractivity contribution in [2.45, 2.75) is 20.3 Å². The number of rotatable bonds is 3. The highest BCUT2D eigenvalue weighted by molar-refractivity contribution is 5.85. The average molecular weight is 216 g/mol. The molecule has 2 nitrogen and oxygen atoms in total. The summed E-state index contributed by atoms with van der Waals surface area (Å²) in [6, 6.07) is 6.84. The third-order valence-corrected chi connectivity index (χ3v) is 3.19. The van der Waals surface area contributed by atoms with E-state index in [0.29, 0.717) is 0 Å². The van der Waals surface area contributed by atoms with Crippen LogP contribution >= 0.6 is 0 Å². The summed E-state index contributed by atoms with van der Waals surface area (Å²) in [6.45, 7) is 5.38. The summed E-state index contributed by atoms with van der Waals surface area (Å²) in [7, 11) is 4.16. The van der Waals surface area contributed by atoms with Crippen LogP contribution in [0, 0.1) is 13.8 Å². The van der Waals surface area contributed by atoms with Crippen LogP contribution in [0.5, 0.6) is 0 Å². The lowest BCUT2D eigenvalue weighted by atomic mass is 10.1. The number of aromatic nitrogens is 1. The predicted molar refractivity (Wildman–Crippen MR) is 70.0 cm³/mol. The van der Waals surface area contributed by atoms with Gasteiger partial charge in [0.05, 0.1) is 5.52 Å². The van der Waals surface area contributed by atoms with Crippen molar-refractivity contribution < 1.29 is 0 Å². The highest BCUT2D eigenvalue weighted by Crippen LogP contribution is 2.24. The zero-order valence-electron chi connectivity index (χ0n) is 10.6. The Morgan fingerprint density at radius 2 is 1.94 bits per heavy atom. The molecule has 2 aromatic rings. The molecule has 0 aliphatic heterocycles. The number of aryl methyl sites for hydroxylation is 3. The molecule has 0 aliphatic carbocycles. The number of hydrogen-bond acceptors (Lipinski definition) is 1. The van der Waals surface area contributed by atoms with Crippen molar-refractivity contribution in [3.05, 3.63) is 35.0 Å². The fourth-order valence-electron chi connectivity index (χ4n) is 2.47. The summed E-state index contributed by atoms with van der Waals surface area (Å²) in [5.74, 6) is 0. The second-order valence-corrected chi connectivity index (χ2v) is 4.57. The van der Waals surface area contributed by atoms with Crippen LogP contribution in [0.25, 0.3) is 10.9 Å². The van der Waals surface area contributed by atoms with Crippen LogP contribution in [-0.2, 0) is 13.5 Å². The summed E-state index contributed by atoms with van der Waals surface area (Å²) in [5.41, 5.74) is 5.48. The summed E-state index contributed by atoms with van der Waals surface area (Å²) < 4.78 is 2.32. The zero-order valence-corrected chi connectivity index (χ0v) is 10.6. The first-order chi connectivity index (χ1) is 7.63. The van der Waals surface area contributed by atoms with Crippen molar-refractivity contribution in [2.24, 2.45) is 7.05 Å². The molecule has 1 N–H and O–H groups in total. The Morgan fingerprint density at radius 1 is 1.19 bits per heavy atom. The predicted octanol–water partition coefficient (Wildman–Crippen LogP) is 2.56. The monoisotopic (exact) mass is 216 g/mol. The molecule has 0 saturated heterocycles. The largest absolute Gasteiger partial charge is 0.347 e. The Hall–Kier alpha value is -1.28. The van der Waals surface area contributed by atoms with Gasteiger partial charge in [-0.15, -0.1) is 0 Å². The van der Waals surface area contributed by atoms with Crippen LogP contribution in [0.4, 0.5) is 0 Å². The standard InChI is InChI=1S/C14H20N2/c1-10-7-11(2)14-12(8-10)9-13(16(14)4)5-6-15-3/h7-9,15H,5-6H2,1-4H3. The third-order valence-electron chi connectivity index (χ3n) is 3.19. The topological polar surface area (TPSA) is 17.0 Å². The van der Waals surface area contributed by atoms with E-state index < -0.39 is 0 Å². The second kappa shape index (κ2) is 4.30. The summed E-state index contributed by atoms with van der Waals surface area (Å²) in [4.78, 5) is 0. The molecule has 1 aromatic heterocycles. The van der Waals surface area contributed by atoms with Crippen LogP contribution in [0.15, 0.2) is 18.2 Å². The molecule has 0 atom stereocenters. The van der Waals surface area contributed by atoms with Gasteiger partial charge in [0.25, 0.3) is 0 Å². The molecule has 0 fully saturated rings. The highest BCUT2D eigenvalue weighted by atomic mass is 15.0. The smallest absolute Gasteiger partial charge is 0.0509 e. The highest BCUT2D eigenvalue weighted by Gasteiger charge is 2.07. The molecule has 0 saturated carbocycles. The third kappa shape index (κ3) is 1.85. The van der Waals surface area contributed by atoms with Crippen LogP contribution in [0.1, 0.15) is 16.8 Å². The Balaban J connectivity index is 2.54. The maximum absolute atomic E-state index is 3.20. The van der Waals surface area contributed by atoms with Crippen LogP contribution in [-0.4, -0.2) is 18.2 Å². The molecule has 2 rings (SSSR count). The van der Waals surface area contributed by atoms with Crippen molar-refractivity contribution in [3.8, 4) is 0 Å². The SMILES string of the molecule is CNCCc1cc2cc(C)cc(C)c2n1C. The maximum atomic E-state index is 3.20. The molecule has 0 aliphatic rings. The average Bonchev–Trinajstić information content (AvgIpc) is 2.52. The van der Waals surface area contributed by atoms with Crippen molar-refractivity contribution in [1.82, 2.24) is 9.88 Å². The fraction of sp³-hybridized carbons (Fsp3) is 0.429. The minimum Gasteiger partial charge on any atom is -0.347 e. The number of benzene rings is 1. The second-order valence-electron chi connectivity index (χ2n) is 4.57. The molecule has 86 valence electrons. The van der Waals surface area contributed by atoms with Crippen LogP contribution in [0.3, 0.4) is 0 Å². The first kappa shape index (κ1) is 11.2. The van der Waals surface area contributed by atoms with Gasteiger partial charge in [0.2, 0.25) is 0 Å². The van der Waals surface area contributed by atoms with E-state index >= 15 is 0 Å². The van der Waals surface area contributed by atoms with E-state index in [9.17, 15) is 0 Å². The molecule has 16 heavy (non-hydrogen) atoms. The van der Waals surface area contributed by atoms with Crippen LogP contribution in [0.2, 0.25) is 0 Å². The number of nitrogens with one attached hydrogen (secondary N) is 1. The Bertz CT molecular complexity index is 509. The minimum atomic E-state index is 1.03. The maximum Gasteiger partial charge on any atom is 0.0509 e. The van der Waals surface area contributed by atoms with Gasteiger partial charge in [-0.3, -0.25) is 0 Å². The van der Waals surface area contributed by atoms with E-state index in [4.69, 9.17) is 0 Å². The van der Waals surface area contributed by atoms with Crippen molar-refractivity contribution >= 4 is 10.9 Å². The summed E-state index contributed by atoms with van der Waals surface area (Å²) >= 11 is 0. The van der Waals surface area contributed by atoms with Gasteiger partial charge in [-0.05, 0) is 38.6 Å². The molecule has 0 spiro atoms. The quantitative estimate of drug-likeness (QED) is 0.834. The van der Waals surface area contributed by atoms with E-state index in [1.165, 1.54) is 27.7 Å². The molecule has 0 radical (unpaired) electrons. The molecule has 0 bridgehead atoms. The van der Waals surface area contributed by atoms with E-state index in [0.717, 1.165) is 13.0 Å². The van der Waals surface area contributed by atoms with Gasteiger partial charge in [-0.1, -0.05) is 11.6 Å². The Morgan fingerprint density at radius 3 is 2.62 bits per heavy atom. The van der Waals surface area contributed by atoms with Crippen LogP contribution < -0.4 is 5.32 Å². The number of nitrogens with zero attached hydrogens (tertiary/aromatic N) is 1. The first-order valence-electron chi connectivity index (χ1n) is 5.83. The number of hydrogen-bond donors (Lipinski definition) is 1. The Kier molecular flexibility index (Phi) is 3.01. The van der Waals surface area contributed by atoms with E-state index in [1.807, 2.05) is 7.05 Å². The summed E-state index contributed by atoms with van der Waals surface area (Å²) in [5, 5.41) is 4.57. The lowest BCUT2D eigenvalue weighted by Gasteiger charge is -2.06. The molecule has 1 aromatic carbocycles. The van der Waals surface area contributed by atoms with Gasteiger partial charge in [-0.2, -0.15) is 0 Å². The first-order valence-corrected chi connectivity index (χ1v) is 5.83. The summed E-state index contributed by atoms with van der Waals surface area (Å²) in [6.07, 6.45) is 1.08. The fourth-order valence-corrected chi connectivity index (χ4v) is 2.47. The van der Waals surface area contributed by atoms with Gasteiger partial charge >= 0.3 is 0 Å². The molecule has 1 heterocycles.